The minimum absolute atomic E-state index is 0.0367. The molecule has 0 heterocycles. The maximum atomic E-state index is 11.0. The van der Waals surface area contributed by atoms with Crippen molar-refractivity contribution in [2.24, 2.45) is 5.92 Å². The largest absolute Gasteiger partial charge is 0.481 e. The number of nitrogens with one attached hydrogen (secondary N) is 1. The molecule has 0 saturated heterocycles. The van der Waals surface area contributed by atoms with Crippen molar-refractivity contribution in [1.82, 2.24) is 5.32 Å². The van der Waals surface area contributed by atoms with Crippen LogP contribution in [-0.2, 0) is 9.59 Å². The van der Waals surface area contributed by atoms with Crippen molar-refractivity contribution in [2.75, 3.05) is 12.3 Å². The predicted octanol–water partition coefficient (Wildman–Crippen LogP) is 0.143. The first-order chi connectivity index (χ1) is 5.57. The summed E-state index contributed by atoms with van der Waals surface area (Å²) in [6, 6.07) is 0. The predicted molar refractivity (Wildman–Crippen MR) is 48.3 cm³/mol. The monoisotopic (exact) mass is 191 g/mol. The van der Waals surface area contributed by atoms with Crippen LogP contribution >= 0.6 is 12.6 Å². The lowest BCUT2D eigenvalue weighted by molar-refractivity contribution is -0.137. The number of carboxylic acids is 1. The minimum atomic E-state index is -0.908. The Kier molecular flexibility index (Phi) is 5.53. The van der Waals surface area contributed by atoms with Gasteiger partial charge in [0.15, 0.2) is 0 Å². The van der Waals surface area contributed by atoms with Crippen molar-refractivity contribution >= 4 is 24.5 Å². The zero-order valence-electron chi connectivity index (χ0n) is 6.91. The van der Waals surface area contributed by atoms with E-state index in [0.717, 1.165) is 0 Å². The number of carbonyl (C=O) groups excluding carboxylic acids is 1. The molecule has 0 saturated carbocycles. The lowest BCUT2D eigenvalue weighted by Crippen LogP contribution is -2.31. The summed E-state index contributed by atoms with van der Waals surface area (Å²) in [4.78, 5) is 21.1. The Morgan fingerprint density at radius 1 is 1.58 bits per heavy atom. The number of hydrogen-bond acceptors (Lipinski definition) is 3. The molecule has 1 amide bonds. The Bertz CT molecular complexity index is 172. The number of rotatable bonds is 5. The molecule has 4 nitrogen and oxygen atoms in total. The molecule has 0 bridgehead atoms. The lowest BCUT2D eigenvalue weighted by atomic mass is 10.2. The van der Waals surface area contributed by atoms with Gasteiger partial charge >= 0.3 is 5.97 Å². The third kappa shape index (κ3) is 5.01. The number of thiol groups is 1. The van der Waals surface area contributed by atoms with Crippen molar-refractivity contribution in [1.29, 1.82) is 0 Å². The molecule has 0 aliphatic carbocycles. The van der Waals surface area contributed by atoms with Gasteiger partial charge < -0.3 is 10.4 Å². The van der Waals surface area contributed by atoms with Crippen LogP contribution in [0.4, 0.5) is 0 Å². The van der Waals surface area contributed by atoms with Gasteiger partial charge in [-0.15, -0.1) is 0 Å². The number of aliphatic carboxylic acids is 1. The average Bonchev–Trinajstić information content (AvgIpc) is 2.02. The van der Waals surface area contributed by atoms with E-state index in [1.807, 2.05) is 0 Å². The molecule has 0 radical (unpaired) electrons. The van der Waals surface area contributed by atoms with Crippen molar-refractivity contribution in [2.45, 2.75) is 13.3 Å². The summed E-state index contributed by atoms with van der Waals surface area (Å²) in [5.41, 5.74) is 0. The van der Waals surface area contributed by atoms with Crippen LogP contribution < -0.4 is 5.32 Å². The Balaban J connectivity index is 3.50. The second kappa shape index (κ2) is 5.88. The molecule has 0 aromatic rings. The molecule has 0 aliphatic heterocycles. The molecule has 5 heteroatoms. The SMILES string of the molecule is C[C@H](CS)C(=O)NCCC(=O)O. The minimum Gasteiger partial charge on any atom is -0.481 e. The third-order valence-corrected chi connectivity index (χ3v) is 1.91. The summed E-state index contributed by atoms with van der Waals surface area (Å²) in [5.74, 6) is -0.749. The molecule has 0 aromatic heterocycles. The van der Waals surface area contributed by atoms with Crippen molar-refractivity contribution in [3.63, 3.8) is 0 Å². The van der Waals surface area contributed by atoms with Crippen molar-refractivity contribution < 1.29 is 14.7 Å². The molecule has 70 valence electrons. The van der Waals surface area contributed by atoms with Crippen LogP contribution in [0.2, 0.25) is 0 Å². The topological polar surface area (TPSA) is 66.4 Å². The van der Waals surface area contributed by atoms with Gasteiger partial charge in [0.1, 0.15) is 0 Å². The molecule has 2 N–H and O–H groups in total. The standard InChI is InChI=1S/C7H13NO3S/c1-5(4-12)7(11)8-3-2-6(9)10/h5,12H,2-4H2,1H3,(H,8,11)(H,9,10)/t5-/m1/s1. The molecule has 0 aliphatic rings. The smallest absolute Gasteiger partial charge is 0.305 e. The van der Waals surface area contributed by atoms with Gasteiger partial charge in [0, 0.05) is 18.2 Å². The fraction of sp³-hybridized carbons (Fsp3) is 0.714. The average molecular weight is 191 g/mol. The van der Waals surface area contributed by atoms with Gasteiger partial charge in [-0.3, -0.25) is 9.59 Å². The van der Waals surface area contributed by atoms with E-state index in [9.17, 15) is 9.59 Å². The maximum Gasteiger partial charge on any atom is 0.305 e. The second-order valence-corrected chi connectivity index (χ2v) is 2.88. The van der Waals surface area contributed by atoms with Crippen LogP contribution in [0.25, 0.3) is 0 Å². The lowest BCUT2D eigenvalue weighted by Gasteiger charge is -2.07. The van der Waals surface area contributed by atoms with E-state index in [2.05, 4.69) is 17.9 Å². The van der Waals surface area contributed by atoms with Gasteiger partial charge in [-0.1, -0.05) is 6.92 Å². The number of carboxylic acid groups (broad SMARTS) is 1. The van der Waals surface area contributed by atoms with Gasteiger partial charge in [-0.05, 0) is 0 Å². The van der Waals surface area contributed by atoms with E-state index in [4.69, 9.17) is 5.11 Å². The van der Waals surface area contributed by atoms with Crippen LogP contribution in [0.5, 0.6) is 0 Å². The molecule has 0 aromatic carbocycles. The quantitative estimate of drug-likeness (QED) is 0.542. The van der Waals surface area contributed by atoms with Gasteiger partial charge in [-0.25, -0.2) is 0 Å². The van der Waals surface area contributed by atoms with E-state index < -0.39 is 5.97 Å². The summed E-state index contributed by atoms with van der Waals surface area (Å²) in [5, 5.41) is 10.8. The van der Waals surface area contributed by atoms with E-state index in [1.165, 1.54) is 0 Å². The van der Waals surface area contributed by atoms with Gasteiger partial charge in [0.05, 0.1) is 6.42 Å². The molecular weight excluding hydrogens is 178 g/mol. The van der Waals surface area contributed by atoms with Crippen molar-refractivity contribution in [3.8, 4) is 0 Å². The highest BCUT2D eigenvalue weighted by Crippen LogP contribution is 1.96. The fourth-order valence-corrected chi connectivity index (χ4v) is 0.716. The van der Waals surface area contributed by atoms with Crippen LogP contribution in [0.15, 0.2) is 0 Å². The molecule has 12 heavy (non-hydrogen) atoms. The first-order valence-electron chi connectivity index (χ1n) is 3.68. The first-order valence-corrected chi connectivity index (χ1v) is 4.31. The van der Waals surface area contributed by atoms with E-state index in [0.29, 0.717) is 5.75 Å². The first kappa shape index (κ1) is 11.3. The van der Waals surface area contributed by atoms with Crippen LogP contribution in [0.3, 0.4) is 0 Å². The summed E-state index contributed by atoms with van der Waals surface area (Å²) in [7, 11) is 0. The molecule has 0 unspecified atom stereocenters. The van der Waals surface area contributed by atoms with E-state index >= 15 is 0 Å². The number of hydrogen-bond donors (Lipinski definition) is 3. The molecule has 0 fully saturated rings. The number of carbonyl (C=O) groups is 2. The fourth-order valence-electron chi connectivity index (χ4n) is 0.550. The Morgan fingerprint density at radius 2 is 2.17 bits per heavy atom. The van der Waals surface area contributed by atoms with Crippen LogP contribution in [0.1, 0.15) is 13.3 Å². The second-order valence-electron chi connectivity index (χ2n) is 2.52. The highest BCUT2D eigenvalue weighted by atomic mass is 32.1. The zero-order chi connectivity index (χ0) is 9.56. The van der Waals surface area contributed by atoms with Gasteiger partial charge in [-0.2, -0.15) is 12.6 Å². The molecule has 1 atom stereocenters. The van der Waals surface area contributed by atoms with Gasteiger partial charge in [0.2, 0.25) is 5.91 Å². The summed E-state index contributed by atoms with van der Waals surface area (Å²) >= 11 is 3.94. The van der Waals surface area contributed by atoms with Crippen LogP contribution in [-0.4, -0.2) is 29.3 Å². The molecule has 0 rings (SSSR count). The highest BCUT2D eigenvalue weighted by molar-refractivity contribution is 7.80. The number of amides is 1. The maximum absolute atomic E-state index is 11.0. The zero-order valence-corrected chi connectivity index (χ0v) is 7.80. The van der Waals surface area contributed by atoms with Gasteiger partial charge in [0.25, 0.3) is 0 Å². The molecular formula is C7H13NO3S. The van der Waals surface area contributed by atoms with Crippen LogP contribution in [0, 0.1) is 5.92 Å². The Morgan fingerprint density at radius 3 is 2.58 bits per heavy atom. The summed E-state index contributed by atoms with van der Waals surface area (Å²) in [6.45, 7) is 1.93. The normalized spacial score (nSPS) is 12.2. The van der Waals surface area contributed by atoms with E-state index in [-0.39, 0.29) is 24.8 Å². The van der Waals surface area contributed by atoms with E-state index in [1.54, 1.807) is 6.92 Å². The Labute approximate surface area is 76.8 Å². The molecule has 0 spiro atoms. The summed E-state index contributed by atoms with van der Waals surface area (Å²) in [6.07, 6.45) is -0.0367. The Hall–Kier alpha value is -0.710. The third-order valence-electron chi connectivity index (χ3n) is 1.36. The highest BCUT2D eigenvalue weighted by Gasteiger charge is 2.09. The van der Waals surface area contributed by atoms with Crippen molar-refractivity contribution in [3.05, 3.63) is 0 Å². The summed E-state index contributed by atoms with van der Waals surface area (Å²) < 4.78 is 0.